The second-order valence-electron chi connectivity index (χ2n) is 4.99. The van der Waals surface area contributed by atoms with Gasteiger partial charge in [-0.2, -0.15) is 0 Å². The molecule has 0 radical (unpaired) electrons. The Morgan fingerprint density at radius 1 is 1.47 bits per heavy atom. The van der Waals surface area contributed by atoms with E-state index in [1.54, 1.807) is 0 Å². The van der Waals surface area contributed by atoms with Gasteiger partial charge in [-0.05, 0) is 50.8 Å². The van der Waals surface area contributed by atoms with E-state index in [2.05, 4.69) is 34.6 Å². The van der Waals surface area contributed by atoms with Crippen molar-refractivity contribution in [2.45, 2.75) is 26.2 Å². The molecule has 0 bridgehead atoms. The Labute approximate surface area is 101 Å². The molecule has 0 saturated carbocycles. The van der Waals surface area contributed by atoms with Crippen LogP contribution in [0.2, 0.25) is 0 Å². The minimum Gasteiger partial charge on any atom is -0.316 e. The van der Waals surface area contributed by atoms with Crippen LogP contribution in [0.4, 0.5) is 0 Å². The van der Waals surface area contributed by atoms with Crippen LogP contribution in [0, 0.1) is 12.8 Å². The molecule has 1 fully saturated rings. The zero-order valence-corrected chi connectivity index (χ0v) is 10.2. The molecular weight excluding hydrogens is 212 g/mol. The normalized spacial score (nSPS) is 20.9. The number of aryl methyl sites for hydroxylation is 1. The van der Waals surface area contributed by atoms with Crippen molar-refractivity contribution in [2.75, 3.05) is 13.1 Å². The fourth-order valence-electron chi connectivity index (χ4n) is 2.53. The summed E-state index contributed by atoms with van der Waals surface area (Å²) in [5.41, 5.74) is 2.33. The molecule has 2 aromatic heterocycles. The number of piperidine rings is 1. The number of imidazole rings is 1. The van der Waals surface area contributed by atoms with Crippen LogP contribution in [0.3, 0.4) is 0 Å². The van der Waals surface area contributed by atoms with Crippen molar-refractivity contribution in [1.29, 1.82) is 0 Å². The fraction of sp³-hybridized carbons (Fsp3) is 0.538. The number of aromatic nitrogens is 3. The van der Waals surface area contributed by atoms with Gasteiger partial charge in [0.1, 0.15) is 0 Å². The lowest BCUT2D eigenvalue weighted by atomic mass is 9.95. The van der Waals surface area contributed by atoms with Gasteiger partial charge in [-0.25, -0.2) is 9.97 Å². The van der Waals surface area contributed by atoms with Crippen LogP contribution < -0.4 is 5.32 Å². The summed E-state index contributed by atoms with van der Waals surface area (Å²) in [6, 6.07) is 0. The van der Waals surface area contributed by atoms with Crippen LogP contribution in [0.1, 0.15) is 24.1 Å². The Bertz CT molecular complexity index is 511. The Morgan fingerprint density at radius 3 is 3.24 bits per heavy atom. The first kappa shape index (κ1) is 10.7. The van der Waals surface area contributed by atoms with Gasteiger partial charge in [0, 0.05) is 18.6 Å². The minimum atomic E-state index is 0.731. The molecule has 4 nitrogen and oxygen atoms in total. The zero-order chi connectivity index (χ0) is 11.7. The standard InChI is InChI=1S/C13H18N4/c1-10-6-15-13-16-12(9-17(13)8-10)5-11-3-2-4-14-7-11/h6,8-9,11,14H,2-5,7H2,1H3. The molecule has 1 N–H and O–H groups in total. The lowest BCUT2D eigenvalue weighted by Gasteiger charge is -2.21. The molecule has 4 heteroatoms. The topological polar surface area (TPSA) is 42.2 Å². The van der Waals surface area contributed by atoms with Crippen molar-refractivity contribution >= 4 is 5.78 Å². The van der Waals surface area contributed by atoms with Gasteiger partial charge in [0.15, 0.2) is 0 Å². The Morgan fingerprint density at radius 2 is 2.41 bits per heavy atom. The lowest BCUT2D eigenvalue weighted by molar-refractivity contribution is 0.374. The van der Waals surface area contributed by atoms with Gasteiger partial charge in [0.25, 0.3) is 0 Å². The van der Waals surface area contributed by atoms with E-state index < -0.39 is 0 Å². The predicted molar refractivity (Wildman–Crippen MR) is 67.0 cm³/mol. The molecule has 17 heavy (non-hydrogen) atoms. The second kappa shape index (κ2) is 4.45. The molecule has 1 atom stereocenters. The molecule has 1 aliphatic heterocycles. The average Bonchev–Trinajstić information content (AvgIpc) is 2.71. The van der Waals surface area contributed by atoms with Gasteiger partial charge in [0.05, 0.1) is 5.69 Å². The van der Waals surface area contributed by atoms with Crippen LogP contribution in [0.15, 0.2) is 18.6 Å². The van der Waals surface area contributed by atoms with E-state index in [0.717, 1.165) is 30.4 Å². The van der Waals surface area contributed by atoms with Gasteiger partial charge >= 0.3 is 0 Å². The molecule has 1 aliphatic rings. The van der Waals surface area contributed by atoms with Crippen molar-refractivity contribution < 1.29 is 0 Å². The predicted octanol–water partition coefficient (Wildman–Crippen LogP) is 1.58. The summed E-state index contributed by atoms with van der Waals surface area (Å²) in [6.45, 7) is 4.35. The smallest absolute Gasteiger partial charge is 0.233 e. The van der Waals surface area contributed by atoms with Crippen molar-refractivity contribution in [2.24, 2.45) is 5.92 Å². The summed E-state index contributed by atoms with van der Waals surface area (Å²) in [7, 11) is 0. The molecule has 0 spiro atoms. The van der Waals surface area contributed by atoms with E-state index in [4.69, 9.17) is 0 Å². The molecule has 3 rings (SSSR count). The zero-order valence-electron chi connectivity index (χ0n) is 10.2. The first-order valence-corrected chi connectivity index (χ1v) is 6.32. The van der Waals surface area contributed by atoms with E-state index >= 15 is 0 Å². The van der Waals surface area contributed by atoms with Crippen LogP contribution in [0.25, 0.3) is 5.78 Å². The fourth-order valence-corrected chi connectivity index (χ4v) is 2.53. The van der Waals surface area contributed by atoms with E-state index in [0.29, 0.717) is 0 Å². The molecule has 1 saturated heterocycles. The number of hydrogen-bond acceptors (Lipinski definition) is 3. The number of fused-ring (bicyclic) bond motifs is 1. The molecule has 1 unspecified atom stereocenters. The van der Waals surface area contributed by atoms with Gasteiger partial charge in [-0.1, -0.05) is 0 Å². The Hall–Kier alpha value is -1.42. The highest BCUT2D eigenvalue weighted by Gasteiger charge is 2.15. The van der Waals surface area contributed by atoms with Gasteiger partial charge < -0.3 is 5.32 Å². The maximum Gasteiger partial charge on any atom is 0.233 e. The number of hydrogen-bond donors (Lipinski definition) is 1. The molecule has 0 amide bonds. The number of rotatable bonds is 2. The minimum absolute atomic E-state index is 0.731. The van der Waals surface area contributed by atoms with Crippen LogP contribution in [-0.2, 0) is 6.42 Å². The van der Waals surface area contributed by atoms with Gasteiger partial charge in [0.2, 0.25) is 5.78 Å². The maximum atomic E-state index is 4.57. The summed E-state index contributed by atoms with van der Waals surface area (Å²) in [5.74, 6) is 1.55. The molecule has 3 heterocycles. The third-order valence-electron chi connectivity index (χ3n) is 3.39. The maximum absolute atomic E-state index is 4.57. The van der Waals surface area contributed by atoms with Crippen LogP contribution in [0.5, 0.6) is 0 Å². The highest BCUT2D eigenvalue weighted by atomic mass is 15.1. The number of nitrogens with one attached hydrogen (secondary N) is 1. The molecule has 0 aromatic carbocycles. The summed E-state index contributed by atoms with van der Waals surface area (Å²) in [6.07, 6.45) is 9.73. The first-order valence-electron chi connectivity index (χ1n) is 6.32. The van der Waals surface area contributed by atoms with Crippen LogP contribution in [-0.4, -0.2) is 27.5 Å². The molecule has 0 aliphatic carbocycles. The molecular formula is C13H18N4. The van der Waals surface area contributed by atoms with Crippen molar-refractivity contribution in [3.05, 3.63) is 29.8 Å². The summed E-state index contributed by atoms with van der Waals surface area (Å²) in [4.78, 5) is 8.90. The first-order chi connectivity index (χ1) is 8.31. The summed E-state index contributed by atoms with van der Waals surface area (Å²) < 4.78 is 2.03. The molecule has 90 valence electrons. The van der Waals surface area contributed by atoms with Crippen molar-refractivity contribution in [1.82, 2.24) is 19.7 Å². The Kier molecular flexibility index (Phi) is 2.81. The van der Waals surface area contributed by atoms with Crippen molar-refractivity contribution in [3.63, 3.8) is 0 Å². The third kappa shape index (κ3) is 2.31. The largest absolute Gasteiger partial charge is 0.316 e. The highest BCUT2D eigenvalue weighted by Crippen LogP contribution is 2.16. The van der Waals surface area contributed by atoms with E-state index in [-0.39, 0.29) is 0 Å². The van der Waals surface area contributed by atoms with E-state index in [1.807, 2.05) is 10.6 Å². The van der Waals surface area contributed by atoms with E-state index in [1.165, 1.54) is 24.9 Å². The average molecular weight is 230 g/mol. The third-order valence-corrected chi connectivity index (χ3v) is 3.39. The van der Waals surface area contributed by atoms with Crippen LogP contribution >= 0.6 is 0 Å². The molecule has 2 aromatic rings. The van der Waals surface area contributed by atoms with Gasteiger partial charge in [-0.3, -0.25) is 4.40 Å². The van der Waals surface area contributed by atoms with Crippen molar-refractivity contribution in [3.8, 4) is 0 Å². The monoisotopic (exact) mass is 230 g/mol. The van der Waals surface area contributed by atoms with Gasteiger partial charge in [-0.15, -0.1) is 0 Å². The lowest BCUT2D eigenvalue weighted by Crippen LogP contribution is -2.30. The second-order valence-corrected chi connectivity index (χ2v) is 4.99. The summed E-state index contributed by atoms with van der Waals surface area (Å²) in [5, 5.41) is 3.45. The van der Waals surface area contributed by atoms with E-state index in [9.17, 15) is 0 Å². The highest BCUT2D eigenvalue weighted by molar-refractivity contribution is 5.31. The quantitative estimate of drug-likeness (QED) is 0.851. The SMILES string of the molecule is Cc1cnc2nc(CC3CCCNC3)cn2c1. The number of nitrogens with zero attached hydrogens (tertiary/aromatic N) is 3. The Balaban J connectivity index is 1.80. The summed E-state index contributed by atoms with van der Waals surface area (Å²) >= 11 is 0.